The monoisotopic (exact) mass is 577 g/mol. The summed E-state index contributed by atoms with van der Waals surface area (Å²) in [6, 6.07) is 16.6. The molecule has 0 heterocycles. The van der Waals surface area contributed by atoms with Crippen LogP contribution in [-0.4, -0.2) is 51.9 Å². The van der Waals surface area contributed by atoms with Crippen LogP contribution in [0.25, 0.3) is 0 Å². The Kier molecular flexibility index (Phi) is 9.65. The van der Waals surface area contributed by atoms with Gasteiger partial charge >= 0.3 is 0 Å². The van der Waals surface area contributed by atoms with E-state index < -0.39 is 34.4 Å². The number of nitrogens with one attached hydrogen (secondary N) is 1. The van der Waals surface area contributed by atoms with Crippen molar-refractivity contribution in [3.8, 4) is 5.75 Å². The first-order valence-corrected chi connectivity index (χ1v) is 13.9. The minimum atomic E-state index is -4.17. The van der Waals surface area contributed by atoms with E-state index >= 15 is 0 Å². The summed E-state index contributed by atoms with van der Waals surface area (Å²) < 4.78 is 33.7. The lowest BCUT2D eigenvalue weighted by Gasteiger charge is -2.32. The first kappa shape index (κ1) is 29.3. The Morgan fingerprint density at radius 3 is 2.18 bits per heavy atom. The Bertz CT molecular complexity index is 1400. The molecule has 0 saturated carbocycles. The molecule has 0 aliphatic carbocycles. The van der Waals surface area contributed by atoms with E-state index in [0.29, 0.717) is 27.0 Å². The van der Waals surface area contributed by atoms with Crippen LogP contribution >= 0.6 is 23.2 Å². The van der Waals surface area contributed by atoms with Crippen molar-refractivity contribution in [1.29, 1.82) is 0 Å². The normalized spacial score (nSPS) is 11.9. The standard InChI is InChI=1S/C27H29Cl2N3O5S/c1-18-5-9-22(10-6-18)32(38(35,36)24-13-11-23(37-4)12-14-24)17-26(33)31(19(2)27(34)30-3)16-20-7-8-21(28)15-25(20)29/h5-15,19H,16-17H2,1-4H3,(H,30,34)/t19-/m1/s1. The third kappa shape index (κ3) is 6.78. The van der Waals surface area contributed by atoms with Crippen molar-refractivity contribution in [2.45, 2.75) is 31.3 Å². The predicted octanol–water partition coefficient (Wildman–Crippen LogP) is 4.67. The molecule has 1 N–H and O–H groups in total. The van der Waals surface area contributed by atoms with Crippen molar-refractivity contribution < 1.29 is 22.7 Å². The second-order valence-electron chi connectivity index (χ2n) is 8.57. The maximum Gasteiger partial charge on any atom is 0.264 e. The molecule has 0 bridgehead atoms. The van der Waals surface area contributed by atoms with Gasteiger partial charge in [-0.25, -0.2) is 8.42 Å². The van der Waals surface area contributed by atoms with Gasteiger partial charge in [0.25, 0.3) is 10.0 Å². The van der Waals surface area contributed by atoms with Crippen LogP contribution < -0.4 is 14.4 Å². The van der Waals surface area contributed by atoms with Gasteiger partial charge in [-0.15, -0.1) is 0 Å². The van der Waals surface area contributed by atoms with E-state index in [4.69, 9.17) is 27.9 Å². The Hall–Kier alpha value is -3.27. The van der Waals surface area contributed by atoms with Gasteiger partial charge in [-0.1, -0.05) is 47.0 Å². The molecule has 202 valence electrons. The number of likely N-dealkylation sites (N-methyl/N-ethyl adjacent to an activating group) is 1. The number of carbonyl (C=O) groups is 2. The number of nitrogens with zero attached hydrogens (tertiary/aromatic N) is 2. The molecule has 38 heavy (non-hydrogen) atoms. The number of carbonyl (C=O) groups excluding carboxylic acids is 2. The van der Waals surface area contributed by atoms with Crippen molar-refractivity contribution >= 4 is 50.7 Å². The van der Waals surface area contributed by atoms with Crippen LogP contribution in [0.1, 0.15) is 18.1 Å². The van der Waals surface area contributed by atoms with Crippen LogP contribution in [0.15, 0.2) is 71.6 Å². The van der Waals surface area contributed by atoms with Gasteiger partial charge in [0.05, 0.1) is 17.7 Å². The van der Waals surface area contributed by atoms with Crippen molar-refractivity contribution in [1.82, 2.24) is 10.2 Å². The summed E-state index contributed by atoms with van der Waals surface area (Å²) in [5, 5.41) is 3.28. The first-order valence-electron chi connectivity index (χ1n) is 11.7. The lowest BCUT2D eigenvalue weighted by Crippen LogP contribution is -2.50. The average molecular weight is 579 g/mol. The molecule has 3 rings (SSSR count). The number of amides is 2. The number of hydrogen-bond donors (Lipinski definition) is 1. The highest BCUT2D eigenvalue weighted by Crippen LogP contribution is 2.27. The molecule has 0 spiro atoms. The molecule has 0 aliphatic rings. The topological polar surface area (TPSA) is 96.0 Å². The molecule has 8 nitrogen and oxygen atoms in total. The van der Waals surface area contributed by atoms with Crippen molar-refractivity contribution in [2.24, 2.45) is 0 Å². The number of halogens is 2. The summed E-state index contributed by atoms with van der Waals surface area (Å²) in [6.45, 7) is 2.85. The second kappa shape index (κ2) is 12.5. The molecular weight excluding hydrogens is 549 g/mol. The molecule has 1 atom stereocenters. The van der Waals surface area contributed by atoms with E-state index in [9.17, 15) is 18.0 Å². The fraction of sp³-hybridized carbons (Fsp3) is 0.259. The third-order valence-corrected chi connectivity index (χ3v) is 8.39. The number of ether oxygens (including phenoxy) is 1. The molecular formula is C27H29Cl2N3O5S. The van der Waals surface area contributed by atoms with E-state index in [1.165, 1.54) is 43.3 Å². The van der Waals surface area contributed by atoms with Crippen LogP contribution in [0.5, 0.6) is 5.75 Å². The highest BCUT2D eigenvalue weighted by molar-refractivity contribution is 7.92. The molecule has 0 unspecified atom stereocenters. The molecule has 3 aromatic carbocycles. The lowest BCUT2D eigenvalue weighted by molar-refractivity contribution is -0.139. The maximum atomic E-state index is 13.8. The molecule has 0 saturated heterocycles. The smallest absolute Gasteiger partial charge is 0.264 e. The summed E-state index contributed by atoms with van der Waals surface area (Å²) in [4.78, 5) is 27.6. The van der Waals surface area contributed by atoms with E-state index in [1.54, 1.807) is 49.4 Å². The summed E-state index contributed by atoms with van der Waals surface area (Å²) >= 11 is 12.4. The summed E-state index contributed by atoms with van der Waals surface area (Å²) in [6.07, 6.45) is 0. The zero-order chi connectivity index (χ0) is 28.0. The average Bonchev–Trinajstić information content (AvgIpc) is 2.90. The Morgan fingerprint density at radius 1 is 1.00 bits per heavy atom. The Labute approximate surface area is 233 Å². The zero-order valence-corrected chi connectivity index (χ0v) is 23.8. The van der Waals surface area contributed by atoms with Crippen LogP contribution in [-0.2, 0) is 26.2 Å². The Balaban J connectivity index is 2.04. The predicted molar refractivity (Wildman–Crippen MR) is 149 cm³/mol. The number of benzene rings is 3. The van der Waals surface area contributed by atoms with Gasteiger partial charge in [-0.3, -0.25) is 13.9 Å². The van der Waals surface area contributed by atoms with Crippen molar-refractivity contribution in [3.63, 3.8) is 0 Å². The number of methoxy groups -OCH3 is 1. The minimum absolute atomic E-state index is 0.0154. The fourth-order valence-electron chi connectivity index (χ4n) is 3.74. The van der Waals surface area contributed by atoms with Gasteiger partial charge in [0.15, 0.2) is 0 Å². The van der Waals surface area contributed by atoms with Crippen LogP contribution in [0.2, 0.25) is 10.0 Å². The largest absolute Gasteiger partial charge is 0.497 e. The van der Waals surface area contributed by atoms with Gasteiger partial charge < -0.3 is 15.0 Å². The van der Waals surface area contributed by atoms with Gasteiger partial charge in [0.2, 0.25) is 11.8 Å². The quantitative estimate of drug-likeness (QED) is 0.378. The summed E-state index contributed by atoms with van der Waals surface area (Å²) in [7, 11) is -1.23. The third-order valence-electron chi connectivity index (χ3n) is 6.02. The highest BCUT2D eigenvalue weighted by atomic mass is 35.5. The summed E-state index contributed by atoms with van der Waals surface area (Å²) in [5.74, 6) is -0.513. The van der Waals surface area contributed by atoms with Crippen LogP contribution in [0, 0.1) is 6.92 Å². The summed E-state index contributed by atoms with van der Waals surface area (Å²) in [5.41, 5.74) is 1.78. The highest BCUT2D eigenvalue weighted by Gasteiger charge is 2.32. The van der Waals surface area contributed by atoms with Crippen molar-refractivity contribution in [2.75, 3.05) is 25.0 Å². The number of anilines is 1. The second-order valence-corrected chi connectivity index (χ2v) is 11.3. The SMILES string of the molecule is CNC(=O)[C@@H](C)N(Cc1ccc(Cl)cc1Cl)C(=O)CN(c1ccc(C)cc1)S(=O)(=O)c1ccc(OC)cc1. The number of sulfonamides is 1. The molecule has 0 radical (unpaired) electrons. The maximum absolute atomic E-state index is 13.8. The lowest BCUT2D eigenvalue weighted by atomic mass is 10.1. The molecule has 2 amide bonds. The fourth-order valence-corrected chi connectivity index (χ4v) is 5.62. The number of hydrogen-bond acceptors (Lipinski definition) is 5. The molecule has 0 fully saturated rings. The zero-order valence-electron chi connectivity index (χ0n) is 21.4. The van der Waals surface area contributed by atoms with Crippen LogP contribution in [0.3, 0.4) is 0 Å². The van der Waals surface area contributed by atoms with Crippen molar-refractivity contribution in [3.05, 3.63) is 87.9 Å². The van der Waals surface area contributed by atoms with Gasteiger partial charge in [-0.2, -0.15) is 0 Å². The van der Waals surface area contributed by atoms with E-state index in [0.717, 1.165) is 9.87 Å². The minimum Gasteiger partial charge on any atom is -0.497 e. The van der Waals surface area contributed by atoms with E-state index in [2.05, 4.69) is 5.32 Å². The number of rotatable bonds is 10. The van der Waals surface area contributed by atoms with Gasteiger partial charge in [-0.05, 0) is 67.9 Å². The molecule has 3 aromatic rings. The number of aryl methyl sites for hydroxylation is 1. The molecule has 0 aliphatic heterocycles. The van der Waals surface area contributed by atoms with E-state index in [1.807, 2.05) is 6.92 Å². The molecule has 11 heteroatoms. The Morgan fingerprint density at radius 2 is 1.63 bits per heavy atom. The van der Waals surface area contributed by atoms with E-state index in [-0.39, 0.29) is 11.4 Å². The van der Waals surface area contributed by atoms with Gasteiger partial charge in [0.1, 0.15) is 18.3 Å². The first-order chi connectivity index (χ1) is 18.0. The molecule has 0 aromatic heterocycles. The van der Waals surface area contributed by atoms with Crippen LogP contribution in [0.4, 0.5) is 5.69 Å². The van der Waals surface area contributed by atoms with Gasteiger partial charge in [0, 0.05) is 23.6 Å².